The van der Waals surface area contributed by atoms with Crippen LogP contribution >= 0.6 is 0 Å². The van der Waals surface area contributed by atoms with Crippen LogP contribution in [0.1, 0.15) is 13.3 Å². The summed E-state index contributed by atoms with van der Waals surface area (Å²) in [5.41, 5.74) is 11.7. The fourth-order valence-corrected chi connectivity index (χ4v) is 1.20. The average Bonchev–Trinajstić information content (AvgIpc) is 2.49. The first-order valence-electron chi connectivity index (χ1n) is 3.88. The number of nitrogens with zero attached hydrogens (tertiary/aromatic N) is 2. The number of hydrazine groups is 1. The van der Waals surface area contributed by atoms with E-state index in [1.807, 2.05) is 0 Å². The molecule has 0 aliphatic carbocycles. The van der Waals surface area contributed by atoms with Crippen molar-refractivity contribution in [3.05, 3.63) is 11.5 Å². The molecule has 0 radical (unpaired) electrons. The third-order valence-corrected chi connectivity index (χ3v) is 1.87. The van der Waals surface area contributed by atoms with Crippen LogP contribution in [0, 0.1) is 0 Å². The SMILES string of the molecule is C/C(N)=C(/N)N1CCCN1C=O. The Morgan fingerprint density at radius 2 is 2.08 bits per heavy atom. The zero-order chi connectivity index (χ0) is 9.14. The molecule has 5 heteroatoms. The number of carbonyl (C=O) groups excluding carboxylic acids is 1. The largest absolute Gasteiger partial charge is 0.399 e. The Kier molecular flexibility index (Phi) is 2.42. The van der Waals surface area contributed by atoms with Gasteiger partial charge in [-0.1, -0.05) is 0 Å². The van der Waals surface area contributed by atoms with Gasteiger partial charge in [0.05, 0.1) is 0 Å². The Labute approximate surface area is 71.6 Å². The Balaban J connectivity index is 2.74. The fourth-order valence-electron chi connectivity index (χ4n) is 1.20. The van der Waals surface area contributed by atoms with Gasteiger partial charge in [-0.25, -0.2) is 0 Å². The molecule has 0 spiro atoms. The van der Waals surface area contributed by atoms with Crippen molar-refractivity contribution < 1.29 is 4.79 Å². The summed E-state index contributed by atoms with van der Waals surface area (Å²) in [4.78, 5) is 10.5. The van der Waals surface area contributed by atoms with Crippen molar-refractivity contribution in [2.45, 2.75) is 13.3 Å². The van der Waals surface area contributed by atoms with E-state index >= 15 is 0 Å². The highest BCUT2D eigenvalue weighted by Crippen LogP contribution is 2.12. The first-order valence-corrected chi connectivity index (χ1v) is 3.88. The monoisotopic (exact) mass is 170 g/mol. The van der Waals surface area contributed by atoms with Crippen molar-refractivity contribution in [1.82, 2.24) is 10.0 Å². The molecule has 1 amide bonds. The maximum Gasteiger partial charge on any atom is 0.228 e. The summed E-state index contributed by atoms with van der Waals surface area (Å²) >= 11 is 0. The van der Waals surface area contributed by atoms with E-state index in [0.29, 0.717) is 11.5 Å². The van der Waals surface area contributed by atoms with Gasteiger partial charge in [0.1, 0.15) is 5.82 Å². The zero-order valence-corrected chi connectivity index (χ0v) is 7.16. The lowest BCUT2D eigenvalue weighted by molar-refractivity contribution is -0.127. The molecule has 1 aliphatic heterocycles. The molecule has 1 rings (SSSR count). The Hall–Kier alpha value is -1.39. The second-order valence-corrected chi connectivity index (χ2v) is 2.81. The van der Waals surface area contributed by atoms with Gasteiger partial charge in [0.2, 0.25) is 6.41 Å². The van der Waals surface area contributed by atoms with Crippen molar-refractivity contribution in [2.24, 2.45) is 11.5 Å². The Morgan fingerprint density at radius 3 is 2.58 bits per heavy atom. The van der Waals surface area contributed by atoms with E-state index in [-0.39, 0.29) is 0 Å². The standard InChI is InChI=1S/C7H14N4O/c1-6(8)7(9)11-4-2-3-10(11)5-12/h5H,2-4,8-9H2,1H3/b7-6+. The van der Waals surface area contributed by atoms with Crippen LogP contribution in [0.3, 0.4) is 0 Å². The van der Waals surface area contributed by atoms with Crippen molar-refractivity contribution >= 4 is 6.41 Å². The van der Waals surface area contributed by atoms with Gasteiger partial charge in [-0.3, -0.25) is 14.8 Å². The van der Waals surface area contributed by atoms with E-state index in [0.717, 1.165) is 25.9 Å². The first-order chi connectivity index (χ1) is 5.66. The zero-order valence-electron chi connectivity index (χ0n) is 7.16. The van der Waals surface area contributed by atoms with Gasteiger partial charge in [0.25, 0.3) is 0 Å². The highest BCUT2D eigenvalue weighted by atomic mass is 16.2. The molecule has 4 N–H and O–H groups in total. The summed E-state index contributed by atoms with van der Waals surface area (Å²) in [5.74, 6) is 0.472. The Bertz CT molecular complexity index is 209. The average molecular weight is 170 g/mol. The normalized spacial score (nSPS) is 19.4. The van der Waals surface area contributed by atoms with E-state index in [1.54, 1.807) is 11.9 Å². The molecule has 0 aromatic carbocycles. The number of nitrogens with two attached hydrogens (primary N) is 2. The third-order valence-electron chi connectivity index (χ3n) is 1.87. The van der Waals surface area contributed by atoms with E-state index in [1.165, 1.54) is 5.01 Å². The van der Waals surface area contributed by atoms with Gasteiger partial charge in [0.15, 0.2) is 0 Å². The van der Waals surface area contributed by atoms with Gasteiger partial charge in [-0.2, -0.15) is 0 Å². The Morgan fingerprint density at radius 1 is 1.42 bits per heavy atom. The van der Waals surface area contributed by atoms with Crippen LogP contribution in [-0.2, 0) is 4.79 Å². The quantitative estimate of drug-likeness (QED) is 0.530. The minimum Gasteiger partial charge on any atom is -0.399 e. The predicted octanol–water partition coefficient (Wildman–Crippen LogP) is -0.828. The van der Waals surface area contributed by atoms with Crippen molar-refractivity contribution in [2.75, 3.05) is 13.1 Å². The summed E-state index contributed by atoms with van der Waals surface area (Å²) < 4.78 is 0. The number of amides is 1. The van der Waals surface area contributed by atoms with Gasteiger partial charge in [0, 0.05) is 18.8 Å². The molecule has 1 fully saturated rings. The summed E-state index contributed by atoms with van der Waals surface area (Å²) in [6.07, 6.45) is 1.70. The highest BCUT2D eigenvalue weighted by Gasteiger charge is 2.21. The minimum atomic E-state index is 0.472. The molecule has 1 saturated heterocycles. The molecule has 0 aromatic rings. The van der Waals surface area contributed by atoms with Crippen LogP contribution in [0.25, 0.3) is 0 Å². The maximum absolute atomic E-state index is 10.5. The predicted molar refractivity (Wildman–Crippen MR) is 45.2 cm³/mol. The summed E-state index contributed by atoms with van der Waals surface area (Å²) in [5, 5.41) is 3.23. The summed E-state index contributed by atoms with van der Waals surface area (Å²) in [6, 6.07) is 0. The van der Waals surface area contributed by atoms with Gasteiger partial charge >= 0.3 is 0 Å². The number of carbonyl (C=O) groups is 1. The van der Waals surface area contributed by atoms with Crippen molar-refractivity contribution in [1.29, 1.82) is 0 Å². The first kappa shape index (κ1) is 8.70. The van der Waals surface area contributed by atoms with E-state index in [2.05, 4.69) is 0 Å². The van der Waals surface area contributed by atoms with Crippen LogP contribution in [-0.4, -0.2) is 29.5 Å². The molecular weight excluding hydrogens is 156 g/mol. The van der Waals surface area contributed by atoms with E-state index in [4.69, 9.17) is 11.5 Å². The van der Waals surface area contributed by atoms with Crippen LogP contribution < -0.4 is 11.5 Å². The molecule has 1 heterocycles. The minimum absolute atomic E-state index is 0.472. The maximum atomic E-state index is 10.5. The third kappa shape index (κ3) is 1.44. The molecule has 0 unspecified atom stereocenters. The van der Waals surface area contributed by atoms with Gasteiger partial charge < -0.3 is 11.5 Å². The number of rotatable bonds is 2. The van der Waals surface area contributed by atoms with Crippen LogP contribution in [0.4, 0.5) is 0 Å². The molecule has 68 valence electrons. The lowest BCUT2D eigenvalue weighted by atomic mass is 10.4. The highest BCUT2D eigenvalue weighted by molar-refractivity contribution is 5.47. The number of hydrogen-bond donors (Lipinski definition) is 2. The van der Waals surface area contributed by atoms with Gasteiger partial charge in [-0.15, -0.1) is 0 Å². The molecule has 0 bridgehead atoms. The van der Waals surface area contributed by atoms with Crippen molar-refractivity contribution in [3.8, 4) is 0 Å². The van der Waals surface area contributed by atoms with Crippen LogP contribution in [0.15, 0.2) is 11.5 Å². The van der Waals surface area contributed by atoms with Gasteiger partial charge in [-0.05, 0) is 13.3 Å². The van der Waals surface area contributed by atoms with Crippen LogP contribution in [0.2, 0.25) is 0 Å². The summed E-state index contributed by atoms with van der Waals surface area (Å²) in [7, 11) is 0. The number of allylic oxidation sites excluding steroid dienone is 1. The molecule has 5 nitrogen and oxygen atoms in total. The van der Waals surface area contributed by atoms with E-state index < -0.39 is 0 Å². The van der Waals surface area contributed by atoms with E-state index in [9.17, 15) is 4.79 Å². The van der Waals surface area contributed by atoms with Crippen molar-refractivity contribution in [3.63, 3.8) is 0 Å². The second kappa shape index (κ2) is 3.34. The molecule has 1 aliphatic rings. The van der Waals surface area contributed by atoms with Crippen LogP contribution in [0.5, 0.6) is 0 Å². The summed E-state index contributed by atoms with van der Waals surface area (Å²) in [6.45, 7) is 3.20. The second-order valence-electron chi connectivity index (χ2n) is 2.81. The number of hydrogen-bond acceptors (Lipinski definition) is 4. The molecular formula is C7H14N4O. The molecule has 0 aromatic heterocycles. The fraction of sp³-hybridized carbons (Fsp3) is 0.571. The topological polar surface area (TPSA) is 75.6 Å². The molecule has 0 saturated carbocycles. The smallest absolute Gasteiger partial charge is 0.228 e. The lowest BCUT2D eigenvalue weighted by Gasteiger charge is -2.26. The lowest BCUT2D eigenvalue weighted by Crippen LogP contribution is -2.39. The molecule has 12 heavy (non-hydrogen) atoms. The molecule has 0 atom stereocenters.